The normalized spacial score (nSPS) is 9.95. The van der Waals surface area contributed by atoms with Gasteiger partial charge in [-0.1, -0.05) is 42.5 Å². The van der Waals surface area contributed by atoms with E-state index in [1.807, 2.05) is 18.2 Å². The van der Waals surface area contributed by atoms with Gasteiger partial charge in [0.05, 0.1) is 12.5 Å². The lowest BCUT2D eigenvalue weighted by Crippen LogP contribution is -1.96. The van der Waals surface area contributed by atoms with E-state index in [1.165, 1.54) is 11.1 Å². The molecule has 2 heteroatoms. The second-order valence-electron chi connectivity index (χ2n) is 4.63. The van der Waals surface area contributed by atoms with Crippen molar-refractivity contribution in [2.45, 2.75) is 20.3 Å². The largest absolute Gasteiger partial charge is 0.293 e. The van der Waals surface area contributed by atoms with E-state index in [-0.39, 0.29) is 12.2 Å². The second-order valence-corrected chi connectivity index (χ2v) is 4.63. The van der Waals surface area contributed by atoms with Crippen LogP contribution >= 0.6 is 0 Å². The fraction of sp³-hybridized carbons (Fsp3) is 0.176. The minimum atomic E-state index is -0.130. The lowest BCUT2D eigenvalue weighted by atomic mass is 9.98. The summed E-state index contributed by atoms with van der Waals surface area (Å²) < 4.78 is 0. The average molecular weight is 249 g/mol. The van der Waals surface area contributed by atoms with Crippen LogP contribution in [0.15, 0.2) is 42.5 Å². The van der Waals surface area contributed by atoms with Gasteiger partial charge in [0.2, 0.25) is 0 Å². The number of carbonyl (C=O) groups excluding carboxylic acids is 1. The molecule has 0 fully saturated rings. The maximum atomic E-state index is 11.6. The van der Waals surface area contributed by atoms with Crippen molar-refractivity contribution in [2.75, 3.05) is 0 Å². The van der Waals surface area contributed by atoms with Crippen molar-refractivity contribution in [3.05, 3.63) is 59.2 Å². The standard InChI is InChI=1S/C17H15NO/c1-12-3-4-16(11-13(12)2)14-5-7-15(8-6-14)17(19)9-10-18/h3-8,11H,9H2,1-2H3. The number of rotatable bonds is 3. The van der Waals surface area contributed by atoms with E-state index in [4.69, 9.17) is 5.26 Å². The summed E-state index contributed by atoms with van der Waals surface area (Å²) in [7, 11) is 0. The van der Waals surface area contributed by atoms with E-state index >= 15 is 0 Å². The Morgan fingerprint density at radius 3 is 2.21 bits per heavy atom. The highest BCUT2D eigenvalue weighted by Crippen LogP contribution is 2.22. The van der Waals surface area contributed by atoms with Gasteiger partial charge in [-0.15, -0.1) is 0 Å². The molecule has 2 aromatic rings. The highest BCUT2D eigenvalue weighted by atomic mass is 16.1. The number of nitriles is 1. The van der Waals surface area contributed by atoms with Gasteiger partial charge in [-0.05, 0) is 36.1 Å². The number of benzene rings is 2. The molecule has 0 atom stereocenters. The summed E-state index contributed by atoms with van der Waals surface area (Å²) in [6, 6.07) is 15.6. The molecular formula is C17H15NO. The Labute approximate surface area is 113 Å². The summed E-state index contributed by atoms with van der Waals surface area (Å²) in [5.74, 6) is -0.130. The van der Waals surface area contributed by atoms with E-state index in [0.29, 0.717) is 5.56 Å². The number of Topliss-reactive ketones (excluding diaryl/α,β-unsaturated/α-hetero) is 1. The molecule has 0 bridgehead atoms. The Kier molecular flexibility index (Phi) is 3.77. The minimum Gasteiger partial charge on any atom is -0.293 e. The fourth-order valence-electron chi connectivity index (χ4n) is 1.94. The quantitative estimate of drug-likeness (QED) is 0.769. The SMILES string of the molecule is Cc1ccc(-c2ccc(C(=O)CC#N)cc2)cc1C. The molecule has 0 heterocycles. The summed E-state index contributed by atoms with van der Waals surface area (Å²) in [5, 5.41) is 8.52. The number of hydrogen-bond acceptors (Lipinski definition) is 2. The van der Waals surface area contributed by atoms with E-state index < -0.39 is 0 Å². The van der Waals surface area contributed by atoms with E-state index in [0.717, 1.165) is 11.1 Å². The number of nitrogens with zero attached hydrogens (tertiary/aromatic N) is 1. The van der Waals surface area contributed by atoms with Gasteiger partial charge in [0.15, 0.2) is 5.78 Å². The van der Waals surface area contributed by atoms with Crippen LogP contribution in [0.1, 0.15) is 27.9 Å². The Balaban J connectivity index is 2.30. The van der Waals surface area contributed by atoms with E-state index in [9.17, 15) is 4.79 Å². The monoisotopic (exact) mass is 249 g/mol. The van der Waals surface area contributed by atoms with Crippen LogP contribution in [0.2, 0.25) is 0 Å². The molecule has 0 aliphatic rings. The first kappa shape index (κ1) is 13.0. The summed E-state index contributed by atoms with van der Waals surface area (Å²) in [6.07, 6.45) is -0.0665. The van der Waals surface area contributed by atoms with Crippen LogP contribution in [-0.4, -0.2) is 5.78 Å². The Morgan fingerprint density at radius 2 is 1.63 bits per heavy atom. The molecule has 0 aliphatic heterocycles. The molecule has 2 aromatic carbocycles. The van der Waals surface area contributed by atoms with Gasteiger partial charge in [-0.2, -0.15) is 5.26 Å². The minimum absolute atomic E-state index is 0.0665. The summed E-state index contributed by atoms with van der Waals surface area (Å²) >= 11 is 0. The molecule has 0 spiro atoms. The van der Waals surface area contributed by atoms with Gasteiger partial charge >= 0.3 is 0 Å². The van der Waals surface area contributed by atoms with Gasteiger partial charge < -0.3 is 0 Å². The highest BCUT2D eigenvalue weighted by Gasteiger charge is 2.05. The van der Waals surface area contributed by atoms with Crippen LogP contribution in [0.4, 0.5) is 0 Å². The number of carbonyl (C=O) groups is 1. The van der Waals surface area contributed by atoms with Gasteiger partial charge in [-0.3, -0.25) is 4.79 Å². The van der Waals surface area contributed by atoms with Crippen molar-refractivity contribution < 1.29 is 4.79 Å². The van der Waals surface area contributed by atoms with Crippen molar-refractivity contribution in [3.8, 4) is 17.2 Å². The molecule has 0 aromatic heterocycles. The van der Waals surface area contributed by atoms with Crippen molar-refractivity contribution >= 4 is 5.78 Å². The lowest BCUT2D eigenvalue weighted by molar-refractivity contribution is 0.0998. The predicted octanol–water partition coefficient (Wildman–Crippen LogP) is 4.07. The Hall–Kier alpha value is -2.40. The van der Waals surface area contributed by atoms with Gasteiger partial charge in [-0.25, -0.2) is 0 Å². The molecular weight excluding hydrogens is 234 g/mol. The van der Waals surface area contributed by atoms with Gasteiger partial charge in [0, 0.05) is 5.56 Å². The van der Waals surface area contributed by atoms with Gasteiger partial charge in [0.25, 0.3) is 0 Å². The lowest BCUT2D eigenvalue weighted by Gasteiger charge is -2.06. The molecule has 0 amide bonds. The number of ketones is 1. The molecule has 0 saturated carbocycles. The smallest absolute Gasteiger partial charge is 0.176 e. The van der Waals surface area contributed by atoms with Crippen molar-refractivity contribution in [3.63, 3.8) is 0 Å². The van der Waals surface area contributed by atoms with Crippen molar-refractivity contribution in [2.24, 2.45) is 0 Å². The van der Waals surface area contributed by atoms with E-state index in [2.05, 4.69) is 32.0 Å². The Bertz CT molecular complexity index is 648. The molecule has 0 unspecified atom stereocenters. The highest BCUT2D eigenvalue weighted by molar-refractivity contribution is 5.97. The topological polar surface area (TPSA) is 40.9 Å². The van der Waals surface area contributed by atoms with Crippen molar-refractivity contribution in [1.29, 1.82) is 5.26 Å². The van der Waals surface area contributed by atoms with Gasteiger partial charge in [0.1, 0.15) is 0 Å². The number of aryl methyl sites for hydroxylation is 2. The molecule has 0 radical (unpaired) electrons. The third kappa shape index (κ3) is 2.89. The first-order chi connectivity index (χ1) is 9.11. The first-order valence-corrected chi connectivity index (χ1v) is 6.19. The average Bonchev–Trinajstić information content (AvgIpc) is 2.42. The molecule has 2 rings (SSSR count). The molecule has 0 N–H and O–H groups in total. The van der Waals surface area contributed by atoms with Crippen molar-refractivity contribution in [1.82, 2.24) is 0 Å². The van der Waals surface area contributed by atoms with Crippen LogP contribution in [-0.2, 0) is 0 Å². The van der Waals surface area contributed by atoms with E-state index in [1.54, 1.807) is 12.1 Å². The zero-order valence-corrected chi connectivity index (χ0v) is 11.1. The molecule has 2 nitrogen and oxygen atoms in total. The Morgan fingerprint density at radius 1 is 1.00 bits per heavy atom. The van der Waals surface area contributed by atoms with Crippen LogP contribution in [0, 0.1) is 25.2 Å². The maximum absolute atomic E-state index is 11.6. The summed E-state index contributed by atoms with van der Waals surface area (Å²) in [4.78, 5) is 11.6. The maximum Gasteiger partial charge on any atom is 0.176 e. The molecule has 0 aliphatic carbocycles. The predicted molar refractivity (Wildman–Crippen MR) is 75.9 cm³/mol. The third-order valence-corrected chi connectivity index (χ3v) is 3.29. The van der Waals surface area contributed by atoms with Crippen LogP contribution in [0.5, 0.6) is 0 Å². The summed E-state index contributed by atoms with van der Waals surface area (Å²) in [6.45, 7) is 4.17. The number of hydrogen-bond donors (Lipinski definition) is 0. The van der Waals surface area contributed by atoms with Crippen LogP contribution < -0.4 is 0 Å². The summed E-state index contributed by atoms with van der Waals surface area (Å²) in [5.41, 5.74) is 5.33. The zero-order chi connectivity index (χ0) is 13.8. The van der Waals surface area contributed by atoms with Crippen LogP contribution in [0.25, 0.3) is 11.1 Å². The second kappa shape index (κ2) is 5.49. The molecule has 0 saturated heterocycles. The zero-order valence-electron chi connectivity index (χ0n) is 11.1. The fourth-order valence-corrected chi connectivity index (χ4v) is 1.94. The molecule has 94 valence electrons. The first-order valence-electron chi connectivity index (χ1n) is 6.19. The third-order valence-electron chi connectivity index (χ3n) is 3.29. The molecule has 19 heavy (non-hydrogen) atoms. The van der Waals surface area contributed by atoms with Crippen LogP contribution in [0.3, 0.4) is 0 Å².